The second kappa shape index (κ2) is 6.99. The Kier molecular flexibility index (Phi) is 5.52. The Morgan fingerprint density at radius 2 is 1.86 bits per heavy atom. The van der Waals surface area contributed by atoms with Crippen molar-refractivity contribution < 1.29 is 18.0 Å². The molecule has 1 heterocycles. The summed E-state index contributed by atoms with van der Waals surface area (Å²) in [5.41, 5.74) is 0. The minimum atomic E-state index is -4.11. The summed E-state index contributed by atoms with van der Waals surface area (Å²) in [6, 6.07) is 0.0886. The van der Waals surface area contributed by atoms with Crippen LogP contribution in [0.5, 0.6) is 0 Å². The van der Waals surface area contributed by atoms with Gasteiger partial charge >= 0.3 is 6.18 Å². The van der Waals surface area contributed by atoms with Crippen LogP contribution in [0.25, 0.3) is 0 Å². The molecular weight excluding hydrogens is 281 g/mol. The Hall–Kier alpha value is -0.780. The first kappa shape index (κ1) is 16.6. The molecule has 0 bridgehead atoms. The van der Waals surface area contributed by atoms with Crippen LogP contribution in [0.15, 0.2) is 0 Å². The van der Waals surface area contributed by atoms with Crippen molar-refractivity contribution in [3.63, 3.8) is 0 Å². The van der Waals surface area contributed by atoms with Gasteiger partial charge in [-0.3, -0.25) is 4.79 Å². The maximum Gasteiger partial charge on any atom is 0.391 e. The van der Waals surface area contributed by atoms with Crippen molar-refractivity contribution in [2.24, 2.45) is 17.8 Å². The van der Waals surface area contributed by atoms with E-state index in [9.17, 15) is 18.0 Å². The first-order valence-corrected chi connectivity index (χ1v) is 7.95. The third-order valence-electron chi connectivity index (χ3n) is 4.97. The lowest BCUT2D eigenvalue weighted by atomic mass is 9.81. The Balaban J connectivity index is 1.76. The summed E-state index contributed by atoms with van der Waals surface area (Å²) < 4.78 is 37.8. The van der Waals surface area contributed by atoms with Crippen LogP contribution in [-0.4, -0.2) is 31.2 Å². The van der Waals surface area contributed by atoms with Crippen molar-refractivity contribution in [1.82, 2.24) is 10.6 Å². The van der Waals surface area contributed by atoms with Crippen molar-refractivity contribution in [2.45, 2.75) is 57.7 Å². The van der Waals surface area contributed by atoms with Gasteiger partial charge in [0.25, 0.3) is 0 Å². The number of carbonyl (C=O) groups is 1. The Bertz CT molecular complexity index is 345. The molecule has 0 aromatic carbocycles. The molecule has 0 aromatic rings. The van der Waals surface area contributed by atoms with Crippen LogP contribution in [0, 0.1) is 17.8 Å². The highest BCUT2D eigenvalue weighted by molar-refractivity contribution is 5.79. The molecule has 2 N–H and O–H groups in total. The summed E-state index contributed by atoms with van der Waals surface area (Å²) in [6.07, 6.45) is -1.03. The number of carbonyl (C=O) groups excluding carboxylic acids is 1. The molecule has 2 unspecified atom stereocenters. The molecular formula is C15H25F3N2O. The fraction of sp³-hybridized carbons (Fsp3) is 0.933. The lowest BCUT2D eigenvalue weighted by Crippen LogP contribution is -2.47. The van der Waals surface area contributed by atoms with Crippen molar-refractivity contribution in [3.05, 3.63) is 0 Å². The lowest BCUT2D eigenvalue weighted by Gasteiger charge is -2.32. The number of hydrogen-bond donors (Lipinski definition) is 2. The summed E-state index contributed by atoms with van der Waals surface area (Å²) in [4.78, 5) is 12.2. The number of piperidine rings is 1. The molecule has 1 amide bonds. The zero-order valence-electron chi connectivity index (χ0n) is 12.5. The molecule has 2 fully saturated rings. The van der Waals surface area contributed by atoms with E-state index in [1.165, 1.54) is 0 Å². The van der Waals surface area contributed by atoms with Gasteiger partial charge in [-0.05, 0) is 64.5 Å². The number of nitrogens with one attached hydrogen (secondary N) is 2. The van der Waals surface area contributed by atoms with Crippen molar-refractivity contribution >= 4 is 5.91 Å². The van der Waals surface area contributed by atoms with Gasteiger partial charge in [-0.1, -0.05) is 0 Å². The second-order valence-electron chi connectivity index (χ2n) is 6.49. The molecule has 1 saturated heterocycles. The van der Waals surface area contributed by atoms with Gasteiger partial charge in [0, 0.05) is 12.0 Å². The van der Waals surface area contributed by atoms with Crippen LogP contribution in [0.1, 0.15) is 45.4 Å². The first-order valence-electron chi connectivity index (χ1n) is 7.95. The van der Waals surface area contributed by atoms with Gasteiger partial charge in [0.1, 0.15) is 0 Å². The van der Waals surface area contributed by atoms with E-state index in [1.54, 1.807) is 0 Å². The Morgan fingerprint density at radius 3 is 2.38 bits per heavy atom. The fourth-order valence-corrected chi connectivity index (χ4v) is 3.45. The quantitative estimate of drug-likeness (QED) is 0.842. The maximum absolute atomic E-state index is 12.6. The molecule has 3 nitrogen and oxygen atoms in total. The number of amides is 1. The van der Waals surface area contributed by atoms with E-state index in [0.717, 1.165) is 25.9 Å². The summed E-state index contributed by atoms with van der Waals surface area (Å²) in [5, 5.41) is 6.33. The van der Waals surface area contributed by atoms with Crippen molar-refractivity contribution in [1.29, 1.82) is 0 Å². The molecule has 1 aliphatic heterocycles. The third kappa shape index (κ3) is 4.59. The summed E-state index contributed by atoms with van der Waals surface area (Å²) in [7, 11) is 0. The van der Waals surface area contributed by atoms with Gasteiger partial charge in [0.05, 0.1) is 5.92 Å². The monoisotopic (exact) mass is 306 g/mol. The molecule has 1 saturated carbocycles. The van der Waals surface area contributed by atoms with E-state index >= 15 is 0 Å². The second-order valence-corrected chi connectivity index (χ2v) is 6.49. The highest BCUT2D eigenvalue weighted by Crippen LogP contribution is 2.39. The lowest BCUT2D eigenvalue weighted by molar-refractivity contribution is -0.184. The van der Waals surface area contributed by atoms with Crippen LogP contribution in [-0.2, 0) is 4.79 Å². The first-order chi connectivity index (χ1) is 9.88. The molecule has 122 valence electrons. The van der Waals surface area contributed by atoms with E-state index in [-0.39, 0.29) is 30.7 Å². The van der Waals surface area contributed by atoms with Crippen LogP contribution in [0.3, 0.4) is 0 Å². The normalized spacial score (nSPS) is 32.5. The van der Waals surface area contributed by atoms with Crippen LogP contribution >= 0.6 is 0 Å². The van der Waals surface area contributed by atoms with Crippen LogP contribution in [0.4, 0.5) is 13.2 Å². The molecule has 2 aliphatic rings. The van der Waals surface area contributed by atoms with Gasteiger partial charge in [-0.25, -0.2) is 0 Å². The third-order valence-corrected chi connectivity index (χ3v) is 4.97. The predicted octanol–water partition coefficient (Wildman–Crippen LogP) is 2.86. The molecule has 2 atom stereocenters. The molecule has 6 heteroatoms. The average Bonchev–Trinajstić information content (AvgIpc) is 2.47. The maximum atomic E-state index is 12.6. The molecule has 1 aliphatic carbocycles. The molecule has 0 aromatic heterocycles. The average molecular weight is 306 g/mol. The number of halogens is 3. The summed E-state index contributed by atoms with van der Waals surface area (Å²) >= 11 is 0. The summed E-state index contributed by atoms with van der Waals surface area (Å²) in [6.45, 7) is 3.93. The topological polar surface area (TPSA) is 41.1 Å². The van der Waals surface area contributed by atoms with Crippen molar-refractivity contribution in [2.75, 3.05) is 13.1 Å². The smallest absolute Gasteiger partial charge is 0.353 e. The van der Waals surface area contributed by atoms with Gasteiger partial charge < -0.3 is 10.6 Å². The number of rotatable bonds is 3. The van der Waals surface area contributed by atoms with Gasteiger partial charge in [-0.2, -0.15) is 13.2 Å². The standard InChI is InChI=1S/C15H25F3N2O/c1-10(12-3-2-8-19-9-12)20-14(21)11-4-6-13(7-5-11)15(16,17)18/h10-13,19H,2-9H2,1H3,(H,20,21). The Labute approximate surface area is 124 Å². The van der Waals surface area contributed by atoms with Gasteiger partial charge in [0.15, 0.2) is 0 Å². The Morgan fingerprint density at radius 1 is 1.19 bits per heavy atom. The molecule has 2 rings (SSSR count). The number of alkyl halides is 3. The molecule has 21 heavy (non-hydrogen) atoms. The SMILES string of the molecule is CC(NC(=O)C1CCC(C(F)(F)F)CC1)C1CCCNC1. The summed E-state index contributed by atoms with van der Waals surface area (Å²) in [5.74, 6) is -1.10. The van der Waals surface area contributed by atoms with E-state index in [2.05, 4.69) is 10.6 Å². The highest BCUT2D eigenvalue weighted by Gasteiger charge is 2.42. The van der Waals surface area contributed by atoms with Crippen molar-refractivity contribution in [3.8, 4) is 0 Å². The highest BCUT2D eigenvalue weighted by atomic mass is 19.4. The largest absolute Gasteiger partial charge is 0.391 e. The van der Waals surface area contributed by atoms with Crippen LogP contribution in [0.2, 0.25) is 0 Å². The van der Waals surface area contributed by atoms with E-state index in [0.29, 0.717) is 18.8 Å². The van der Waals surface area contributed by atoms with Crippen LogP contribution < -0.4 is 10.6 Å². The number of hydrogen-bond acceptors (Lipinski definition) is 2. The molecule has 0 spiro atoms. The van der Waals surface area contributed by atoms with E-state index in [1.807, 2.05) is 6.92 Å². The zero-order valence-corrected chi connectivity index (χ0v) is 12.5. The molecule has 0 radical (unpaired) electrons. The minimum Gasteiger partial charge on any atom is -0.353 e. The van der Waals surface area contributed by atoms with Gasteiger partial charge in [0.2, 0.25) is 5.91 Å². The predicted molar refractivity (Wildman–Crippen MR) is 74.7 cm³/mol. The minimum absolute atomic E-state index is 0.0614. The van der Waals surface area contributed by atoms with E-state index in [4.69, 9.17) is 0 Å². The fourth-order valence-electron chi connectivity index (χ4n) is 3.45. The van der Waals surface area contributed by atoms with Gasteiger partial charge in [-0.15, -0.1) is 0 Å². The van der Waals surface area contributed by atoms with E-state index < -0.39 is 12.1 Å². The zero-order chi connectivity index (χ0) is 15.5.